The molecule has 7 nitrogen and oxygen atoms in total. The number of hydrogen-bond acceptors (Lipinski definition) is 6. The second kappa shape index (κ2) is 6.17. The van der Waals surface area contributed by atoms with E-state index in [4.69, 9.17) is 0 Å². The molecular weight excluding hydrogens is 270 g/mol. The van der Waals surface area contributed by atoms with Crippen molar-refractivity contribution >= 4 is 17.5 Å². The topological polar surface area (TPSA) is 84.2 Å². The number of nitrogens with one attached hydrogen (secondary N) is 1. The second-order valence-corrected chi connectivity index (χ2v) is 4.65. The highest BCUT2D eigenvalue weighted by atomic mass is 16.6. The van der Waals surface area contributed by atoms with Gasteiger partial charge in [-0.1, -0.05) is 30.3 Å². The normalized spacial score (nSPS) is 10.2. The molecule has 0 spiro atoms. The summed E-state index contributed by atoms with van der Waals surface area (Å²) in [5.41, 5.74) is 1.33. The van der Waals surface area contributed by atoms with E-state index >= 15 is 0 Å². The lowest BCUT2D eigenvalue weighted by atomic mass is 10.2. The summed E-state index contributed by atoms with van der Waals surface area (Å²) in [4.78, 5) is 20.9. The maximum Gasteiger partial charge on any atom is 0.332 e. The van der Waals surface area contributed by atoms with Crippen molar-refractivity contribution in [2.24, 2.45) is 0 Å². The molecule has 1 aromatic carbocycles. The lowest BCUT2D eigenvalue weighted by Crippen LogP contribution is -2.20. The number of rotatable bonds is 5. The summed E-state index contributed by atoms with van der Waals surface area (Å²) in [6.07, 6.45) is 0. The zero-order chi connectivity index (χ0) is 15.4. The molecule has 1 heterocycles. The molecular formula is C14H17N5O2. The molecule has 1 N–H and O–H groups in total. The van der Waals surface area contributed by atoms with Crippen LogP contribution < -0.4 is 10.2 Å². The number of nitro groups is 1. The quantitative estimate of drug-likeness (QED) is 0.671. The Balaban J connectivity index is 2.41. The van der Waals surface area contributed by atoms with Crippen LogP contribution in [0.4, 0.5) is 17.5 Å². The molecule has 0 saturated carbocycles. The summed E-state index contributed by atoms with van der Waals surface area (Å²) in [6.45, 7) is 2.14. The molecule has 110 valence electrons. The van der Waals surface area contributed by atoms with Gasteiger partial charge in [0, 0.05) is 20.6 Å². The molecule has 0 saturated heterocycles. The minimum Gasteiger partial charge on any atom is -0.357 e. The van der Waals surface area contributed by atoms with Crippen molar-refractivity contribution in [2.45, 2.75) is 13.5 Å². The molecule has 2 rings (SSSR count). The summed E-state index contributed by atoms with van der Waals surface area (Å²) in [7, 11) is 3.46. The smallest absolute Gasteiger partial charge is 0.332 e. The third-order valence-corrected chi connectivity index (χ3v) is 3.07. The third kappa shape index (κ3) is 3.25. The van der Waals surface area contributed by atoms with Gasteiger partial charge in [0.1, 0.15) is 5.69 Å². The first kappa shape index (κ1) is 14.7. The van der Waals surface area contributed by atoms with E-state index in [1.165, 1.54) is 0 Å². The minimum atomic E-state index is -0.439. The molecule has 0 aliphatic carbocycles. The number of nitrogens with zero attached hydrogens (tertiary/aromatic N) is 4. The van der Waals surface area contributed by atoms with E-state index in [2.05, 4.69) is 15.3 Å². The monoisotopic (exact) mass is 287 g/mol. The Bertz CT molecular complexity index is 645. The Morgan fingerprint density at radius 3 is 2.52 bits per heavy atom. The molecule has 2 aromatic rings. The standard InChI is InChI=1S/C14H17N5O2/c1-10-12(19(20)21)13(17-14(15-2)16-10)18(3)9-11-7-5-4-6-8-11/h4-8H,9H2,1-3H3,(H,15,16,17). The van der Waals surface area contributed by atoms with Crippen molar-refractivity contribution in [3.05, 3.63) is 51.7 Å². The van der Waals surface area contributed by atoms with Gasteiger partial charge in [-0.25, -0.2) is 4.98 Å². The summed E-state index contributed by atoms with van der Waals surface area (Å²) in [6, 6.07) is 9.73. The SMILES string of the molecule is CNc1nc(C)c([N+](=O)[O-])c(N(C)Cc2ccccc2)n1. The van der Waals surface area contributed by atoms with Gasteiger partial charge in [0.15, 0.2) is 0 Å². The fraction of sp³-hybridized carbons (Fsp3) is 0.286. The van der Waals surface area contributed by atoms with Crippen LogP contribution in [0.3, 0.4) is 0 Å². The fourth-order valence-electron chi connectivity index (χ4n) is 2.08. The van der Waals surface area contributed by atoms with E-state index in [0.29, 0.717) is 24.0 Å². The van der Waals surface area contributed by atoms with E-state index < -0.39 is 4.92 Å². The highest BCUT2D eigenvalue weighted by Crippen LogP contribution is 2.29. The van der Waals surface area contributed by atoms with Crippen molar-refractivity contribution < 1.29 is 4.92 Å². The third-order valence-electron chi connectivity index (χ3n) is 3.07. The highest BCUT2D eigenvalue weighted by Gasteiger charge is 2.24. The predicted molar refractivity (Wildman–Crippen MR) is 81.5 cm³/mol. The predicted octanol–water partition coefficient (Wildman–Crippen LogP) is 2.37. The molecule has 21 heavy (non-hydrogen) atoms. The Hall–Kier alpha value is -2.70. The van der Waals surface area contributed by atoms with Crippen molar-refractivity contribution in [1.29, 1.82) is 0 Å². The highest BCUT2D eigenvalue weighted by molar-refractivity contribution is 5.62. The van der Waals surface area contributed by atoms with Crippen molar-refractivity contribution in [1.82, 2.24) is 9.97 Å². The molecule has 0 radical (unpaired) electrons. The van der Waals surface area contributed by atoms with Crippen LogP contribution in [0.15, 0.2) is 30.3 Å². The first-order valence-electron chi connectivity index (χ1n) is 6.48. The Kier molecular flexibility index (Phi) is 4.32. The molecule has 1 aromatic heterocycles. The lowest BCUT2D eigenvalue weighted by molar-refractivity contribution is -0.385. The minimum absolute atomic E-state index is 0.0626. The number of aryl methyl sites for hydroxylation is 1. The van der Waals surface area contributed by atoms with Gasteiger partial charge >= 0.3 is 5.69 Å². The van der Waals surface area contributed by atoms with Crippen LogP contribution in [0, 0.1) is 17.0 Å². The number of hydrogen-bond donors (Lipinski definition) is 1. The molecule has 0 fully saturated rings. The number of anilines is 2. The van der Waals surface area contributed by atoms with E-state index in [1.54, 1.807) is 25.9 Å². The van der Waals surface area contributed by atoms with Crippen molar-refractivity contribution in [3.63, 3.8) is 0 Å². The van der Waals surface area contributed by atoms with E-state index in [-0.39, 0.29) is 5.69 Å². The Morgan fingerprint density at radius 1 is 1.29 bits per heavy atom. The van der Waals surface area contributed by atoms with Crippen molar-refractivity contribution in [2.75, 3.05) is 24.3 Å². The maximum absolute atomic E-state index is 11.3. The van der Waals surface area contributed by atoms with Gasteiger partial charge in [-0.3, -0.25) is 10.1 Å². The van der Waals surface area contributed by atoms with E-state index in [9.17, 15) is 10.1 Å². The van der Waals surface area contributed by atoms with Gasteiger partial charge in [-0.15, -0.1) is 0 Å². The van der Waals surface area contributed by atoms with Crippen LogP contribution in [0.5, 0.6) is 0 Å². The first-order valence-corrected chi connectivity index (χ1v) is 6.48. The molecule has 7 heteroatoms. The van der Waals surface area contributed by atoms with Gasteiger partial charge in [-0.05, 0) is 12.5 Å². The summed E-state index contributed by atoms with van der Waals surface area (Å²) in [5, 5.41) is 14.1. The summed E-state index contributed by atoms with van der Waals surface area (Å²) < 4.78 is 0. The first-order chi connectivity index (χ1) is 10.0. The largest absolute Gasteiger partial charge is 0.357 e. The molecule has 0 aliphatic rings. The van der Waals surface area contributed by atoms with Gasteiger partial charge in [0.25, 0.3) is 0 Å². The number of benzene rings is 1. The van der Waals surface area contributed by atoms with Crippen molar-refractivity contribution in [3.8, 4) is 0 Å². The van der Waals surface area contributed by atoms with Crippen LogP contribution in [-0.4, -0.2) is 29.0 Å². The van der Waals surface area contributed by atoms with E-state index in [1.807, 2.05) is 30.3 Å². The van der Waals surface area contributed by atoms with Crippen LogP contribution in [-0.2, 0) is 6.54 Å². The molecule has 0 bridgehead atoms. The lowest BCUT2D eigenvalue weighted by Gasteiger charge is -2.19. The van der Waals surface area contributed by atoms with Gasteiger partial charge < -0.3 is 10.2 Å². The molecule has 0 aliphatic heterocycles. The van der Waals surface area contributed by atoms with Crippen LogP contribution in [0.25, 0.3) is 0 Å². The van der Waals surface area contributed by atoms with Gasteiger partial charge in [0.05, 0.1) is 4.92 Å². The molecule has 0 unspecified atom stereocenters. The van der Waals surface area contributed by atoms with Gasteiger partial charge in [0.2, 0.25) is 11.8 Å². The summed E-state index contributed by atoms with van der Waals surface area (Å²) >= 11 is 0. The zero-order valence-electron chi connectivity index (χ0n) is 12.2. The maximum atomic E-state index is 11.3. The zero-order valence-corrected chi connectivity index (χ0v) is 12.2. The second-order valence-electron chi connectivity index (χ2n) is 4.65. The summed E-state index contributed by atoms with van der Waals surface area (Å²) in [5.74, 6) is 0.675. The molecule has 0 atom stereocenters. The van der Waals surface area contributed by atoms with Crippen LogP contribution in [0.2, 0.25) is 0 Å². The Labute approximate surface area is 122 Å². The van der Waals surface area contributed by atoms with Crippen LogP contribution >= 0.6 is 0 Å². The number of aromatic nitrogens is 2. The van der Waals surface area contributed by atoms with Gasteiger partial charge in [-0.2, -0.15) is 4.98 Å². The average molecular weight is 287 g/mol. The van der Waals surface area contributed by atoms with E-state index in [0.717, 1.165) is 5.56 Å². The Morgan fingerprint density at radius 2 is 1.95 bits per heavy atom. The average Bonchev–Trinajstić information content (AvgIpc) is 2.46. The van der Waals surface area contributed by atoms with Crippen LogP contribution in [0.1, 0.15) is 11.3 Å². The fourth-order valence-corrected chi connectivity index (χ4v) is 2.08. The molecule has 0 amide bonds.